The Bertz CT molecular complexity index is 788. The van der Waals surface area contributed by atoms with Crippen LogP contribution in [0.25, 0.3) is 10.9 Å². The lowest BCUT2D eigenvalue weighted by Gasteiger charge is -2.01. The van der Waals surface area contributed by atoms with Crippen LogP contribution in [-0.4, -0.2) is 15.9 Å². The van der Waals surface area contributed by atoms with Gasteiger partial charge in [0.1, 0.15) is 0 Å². The van der Waals surface area contributed by atoms with Crippen molar-refractivity contribution in [1.82, 2.24) is 9.97 Å². The Morgan fingerprint density at radius 3 is 3.05 bits per heavy atom. The molecule has 0 saturated carbocycles. The number of aromatic nitrogens is 2. The van der Waals surface area contributed by atoms with Gasteiger partial charge in [-0.25, -0.2) is 4.98 Å². The van der Waals surface area contributed by atoms with Gasteiger partial charge in [-0.05, 0) is 30.5 Å². The molecule has 4 nitrogen and oxygen atoms in total. The molecule has 2 heterocycles. The Kier molecular flexibility index (Phi) is 3.75. The van der Waals surface area contributed by atoms with E-state index in [4.69, 9.17) is 0 Å². The molecule has 0 aliphatic rings. The molecular weight excluding hydrogens is 282 g/mol. The van der Waals surface area contributed by atoms with E-state index in [0.29, 0.717) is 11.6 Å². The van der Waals surface area contributed by atoms with Gasteiger partial charge in [-0.1, -0.05) is 19.1 Å². The molecule has 0 fully saturated rings. The second kappa shape index (κ2) is 5.69. The summed E-state index contributed by atoms with van der Waals surface area (Å²) in [6, 6.07) is 6.21. The van der Waals surface area contributed by atoms with Crippen LogP contribution in [0, 0.1) is 6.92 Å². The van der Waals surface area contributed by atoms with Crippen molar-refractivity contribution in [2.75, 3.05) is 5.32 Å². The Morgan fingerprint density at radius 1 is 1.43 bits per heavy atom. The molecule has 3 aromatic rings. The Hall–Kier alpha value is -2.14. The third kappa shape index (κ3) is 2.97. The standard InChI is InChI=1S/C16H17N3OS/c1-3-12-9-18-16(21-12)19-15(20)7-11-8-17-14-6-10(2)4-5-13(11)14/h4-6,8-9,17H,3,7H2,1-2H3,(H,18,19,20). The minimum Gasteiger partial charge on any atom is -0.361 e. The summed E-state index contributed by atoms with van der Waals surface area (Å²) in [6.45, 7) is 4.13. The molecule has 3 rings (SSSR count). The average molecular weight is 299 g/mol. The van der Waals surface area contributed by atoms with E-state index in [0.717, 1.165) is 22.9 Å². The molecule has 1 amide bonds. The molecule has 0 aliphatic heterocycles. The molecule has 108 valence electrons. The number of thiazole rings is 1. The Morgan fingerprint density at radius 2 is 2.29 bits per heavy atom. The van der Waals surface area contributed by atoms with Crippen molar-refractivity contribution in [3.05, 3.63) is 46.6 Å². The largest absolute Gasteiger partial charge is 0.361 e. The van der Waals surface area contributed by atoms with Gasteiger partial charge >= 0.3 is 0 Å². The van der Waals surface area contributed by atoms with E-state index in [1.54, 1.807) is 0 Å². The number of aromatic amines is 1. The molecule has 0 spiro atoms. The van der Waals surface area contributed by atoms with Crippen molar-refractivity contribution in [1.29, 1.82) is 0 Å². The Labute approximate surface area is 127 Å². The van der Waals surface area contributed by atoms with Gasteiger partial charge in [-0.3, -0.25) is 4.79 Å². The summed E-state index contributed by atoms with van der Waals surface area (Å²) in [5.41, 5.74) is 3.28. The average Bonchev–Trinajstić information content (AvgIpc) is 3.06. The second-order valence-corrected chi connectivity index (χ2v) is 6.19. The minimum atomic E-state index is -0.0338. The van der Waals surface area contributed by atoms with Crippen molar-refractivity contribution in [3.8, 4) is 0 Å². The zero-order chi connectivity index (χ0) is 14.8. The van der Waals surface area contributed by atoms with E-state index in [-0.39, 0.29) is 5.91 Å². The number of carbonyl (C=O) groups excluding carboxylic acids is 1. The summed E-state index contributed by atoms with van der Waals surface area (Å²) in [4.78, 5) is 20.7. The highest BCUT2D eigenvalue weighted by atomic mass is 32.1. The highest BCUT2D eigenvalue weighted by molar-refractivity contribution is 7.15. The van der Waals surface area contributed by atoms with Gasteiger partial charge in [0.05, 0.1) is 6.42 Å². The number of anilines is 1. The maximum atomic E-state index is 12.1. The van der Waals surface area contributed by atoms with Gasteiger partial charge in [-0.15, -0.1) is 11.3 Å². The number of carbonyl (C=O) groups is 1. The first-order valence-electron chi connectivity index (χ1n) is 6.97. The minimum absolute atomic E-state index is 0.0338. The van der Waals surface area contributed by atoms with Gasteiger partial charge in [0.15, 0.2) is 5.13 Å². The number of aryl methyl sites for hydroxylation is 2. The van der Waals surface area contributed by atoms with E-state index >= 15 is 0 Å². The quantitative estimate of drug-likeness (QED) is 0.772. The Balaban J connectivity index is 1.74. The molecule has 0 bridgehead atoms. The van der Waals surface area contributed by atoms with Crippen LogP contribution in [0.4, 0.5) is 5.13 Å². The summed E-state index contributed by atoms with van der Waals surface area (Å²) in [7, 11) is 0. The molecule has 2 N–H and O–H groups in total. The first-order valence-corrected chi connectivity index (χ1v) is 7.78. The first-order chi connectivity index (χ1) is 10.2. The van der Waals surface area contributed by atoms with E-state index in [1.807, 2.05) is 12.4 Å². The SMILES string of the molecule is CCc1cnc(NC(=O)Cc2c[nH]c3cc(C)ccc23)s1. The topological polar surface area (TPSA) is 57.8 Å². The molecule has 0 radical (unpaired) electrons. The third-order valence-corrected chi connectivity index (χ3v) is 4.48. The van der Waals surface area contributed by atoms with Crippen LogP contribution in [0.5, 0.6) is 0 Å². The van der Waals surface area contributed by atoms with Crippen LogP contribution in [0.15, 0.2) is 30.6 Å². The number of rotatable bonds is 4. The number of hydrogen-bond acceptors (Lipinski definition) is 3. The van der Waals surface area contributed by atoms with Crippen LogP contribution in [-0.2, 0) is 17.6 Å². The molecule has 0 aliphatic carbocycles. The van der Waals surface area contributed by atoms with Gasteiger partial charge in [0.2, 0.25) is 5.91 Å². The normalized spacial score (nSPS) is 11.0. The fourth-order valence-corrected chi connectivity index (χ4v) is 3.08. The highest BCUT2D eigenvalue weighted by Crippen LogP contribution is 2.21. The summed E-state index contributed by atoms with van der Waals surface area (Å²) in [6.07, 6.45) is 5.01. The smallest absolute Gasteiger partial charge is 0.230 e. The van der Waals surface area contributed by atoms with Gasteiger partial charge in [-0.2, -0.15) is 0 Å². The van der Waals surface area contributed by atoms with Crippen LogP contribution in [0.3, 0.4) is 0 Å². The fraction of sp³-hybridized carbons (Fsp3) is 0.250. The summed E-state index contributed by atoms with van der Waals surface area (Å²) < 4.78 is 0. The van der Waals surface area contributed by atoms with Crippen LogP contribution < -0.4 is 5.32 Å². The maximum Gasteiger partial charge on any atom is 0.230 e. The first kappa shape index (κ1) is 13.8. The van der Waals surface area contributed by atoms with E-state index < -0.39 is 0 Å². The zero-order valence-electron chi connectivity index (χ0n) is 12.1. The number of hydrogen-bond donors (Lipinski definition) is 2. The maximum absolute atomic E-state index is 12.1. The summed E-state index contributed by atoms with van der Waals surface area (Å²) in [5.74, 6) is -0.0338. The van der Waals surface area contributed by atoms with Crippen molar-refractivity contribution in [3.63, 3.8) is 0 Å². The summed E-state index contributed by atoms with van der Waals surface area (Å²) in [5, 5.41) is 4.64. The van der Waals surface area contributed by atoms with Crippen LogP contribution in [0.2, 0.25) is 0 Å². The fourth-order valence-electron chi connectivity index (χ4n) is 2.31. The van der Waals surface area contributed by atoms with Gasteiger partial charge < -0.3 is 10.3 Å². The van der Waals surface area contributed by atoms with E-state index in [1.165, 1.54) is 21.8 Å². The highest BCUT2D eigenvalue weighted by Gasteiger charge is 2.10. The number of amides is 1. The predicted molar refractivity (Wildman–Crippen MR) is 86.9 cm³/mol. The molecule has 21 heavy (non-hydrogen) atoms. The second-order valence-electron chi connectivity index (χ2n) is 5.07. The number of benzene rings is 1. The lowest BCUT2D eigenvalue weighted by Crippen LogP contribution is -2.13. The van der Waals surface area contributed by atoms with Crippen molar-refractivity contribution < 1.29 is 4.79 Å². The molecule has 2 aromatic heterocycles. The van der Waals surface area contributed by atoms with E-state index in [9.17, 15) is 4.79 Å². The third-order valence-electron chi connectivity index (χ3n) is 3.42. The number of H-pyrrole nitrogens is 1. The van der Waals surface area contributed by atoms with E-state index in [2.05, 4.69) is 47.3 Å². The number of nitrogens with one attached hydrogen (secondary N) is 2. The number of nitrogens with zero attached hydrogens (tertiary/aromatic N) is 1. The van der Waals surface area contributed by atoms with Crippen molar-refractivity contribution in [2.45, 2.75) is 26.7 Å². The van der Waals surface area contributed by atoms with Crippen molar-refractivity contribution >= 4 is 33.3 Å². The lowest BCUT2D eigenvalue weighted by molar-refractivity contribution is -0.115. The zero-order valence-corrected chi connectivity index (χ0v) is 12.9. The predicted octanol–water partition coefficient (Wildman–Crippen LogP) is 3.68. The summed E-state index contributed by atoms with van der Waals surface area (Å²) >= 11 is 1.53. The molecular formula is C16H17N3OS. The lowest BCUT2D eigenvalue weighted by atomic mass is 10.1. The van der Waals surface area contributed by atoms with Crippen molar-refractivity contribution in [2.24, 2.45) is 0 Å². The molecule has 5 heteroatoms. The van der Waals surface area contributed by atoms with Gasteiger partial charge in [0.25, 0.3) is 0 Å². The van der Waals surface area contributed by atoms with Gasteiger partial charge in [0, 0.05) is 28.2 Å². The molecule has 0 atom stereocenters. The van der Waals surface area contributed by atoms with Crippen LogP contribution >= 0.6 is 11.3 Å². The molecule has 0 saturated heterocycles. The number of fused-ring (bicyclic) bond motifs is 1. The molecule has 1 aromatic carbocycles. The monoisotopic (exact) mass is 299 g/mol. The van der Waals surface area contributed by atoms with Crippen LogP contribution in [0.1, 0.15) is 22.9 Å². The molecule has 0 unspecified atom stereocenters.